The molecule has 0 bridgehead atoms. The van der Waals surface area contributed by atoms with Crippen LogP contribution in [-0.4, -0.2) is 22.6 Å². The molecule has 1 heterocycles. The lowest BCUT2D eigenvalue weighted by molar-refractivity contribution is 0.0963. The number of likely N-dealkylation sites (tertiary alicyclic amines) is 1. The largest absolute Gasteiger partial charge is 0.508 e. The van der Waals surface area contributed by atoms with Gasteiger partial charge in [0.2, 0.25) is 0 Å². The van der Waals surface area contributed by atoms with E-state index in [-0.39, 0.29) is 0 Å². The van der Waals surface area contributed by atoms with Gasteiger partial charge in [0.05, 0.1) is 0 Å². The van der Waals surface area contributed by atoms with Gasteiger partial charge >= 0.3 is 0 Å². The first-order chi connectivity index (χ1) is 8.72. The summed E-state index contributed by atoms with van der Waals surface area (Å²) in [6.45, 7) is 5.78. The molecular formula is C16H25NO. The highest BCUT2D eigenvalue weighted by molar-refractivity contribution is 5.27. The third-order valence-corrected chi connectivity index (χ3v) is 4.17. The summed E-state index contributed by atoms with van der Waals surface area (Å²) in [6.07, 6.45) is 6.62. The van der Waals surface area contributed by atoms with E-state index < -0.39 is 0 Å². The van der Waals surface area contributed by atoms with Gasteiger partial charge in [-0.15, -0.1) is 0 Å². The zero-order valence-electron chi connectivity index (χ0n) is 11.6. The maximum absolute atomic E-state index is 9.37. The Morgan fingerprint density at radius 3 is 2.67 bits per heavy atom. The number of piperidine rings is 1. The summed E-state index contributed by atoms with van der Waals surface area (Å²) in [4.78, 5) is 2.65. The third kappa shape index (κ3) is 3.05. The van der Waals surface area contributed by atoms with Crippen LogP contribution in [0.5, 0.6) is 5.75 Å². The highest BCUT2D eigenvalue weighted by atomic mass is 16.3. The first-order valence-electron chi connectivity index (χ1n) is 7.27. The molecule has 2 unspecified atom stereocenters. The monoisotopic (exact) mass is 247 g/mol. The molecule has 2 nitrogen and oxygen atoms in total. The Bertz CT molecular complexity index is 358. The minimum absolute atomic E-state index is 0.356. The van der Waals surface area contributed by atoms with Gasteiger partial charge in [-0.2, -0.15) is 0 Å². The predicted molar refractivity (Wildman–Crippen MR) is 75.8 cm³/mol. The predicted octanol–water partition coefficient (Wildman–Crippen LogP) is 4.11. The first kappa shape index (κ1) is 13.4. The minimum atomic E-state index is 0.356. The minimum Gasteiger partial charge on any atom is -0.508 e. The average Bonchev–Trinajstić information content (AvgIpc) is 2.40. The van der Waals surface area contributed by atoms with E-state index in [1.54, 1.807) is 12.1 Å². The Kier molecular flexibility index (Phi) is 4.65. The number of benzene rings is 1. The molecular weight excluding hydrogens is 222 g/mol. The standard InChI is InChI=1S/C16H25NO/c1-3-6-15-7-4-5-12-17(15)13(2)14-8-10-16(18)11-9-14/h8-11,13,15,18H,3-7,12H2,1-2H3. The average molecular weight is 247 g/mol. The molecule has 0 spiro atoms. The Morgan fingerprint density at radius 1 is 1.28 bits per heavy atom. The maximum Gasteiger partial charge on any atom is 0.115 e. The molecule has 0 amide bonds. The summed E-state index contributed by atoms with van der Waals surface area (Å²) in [5.74, 6) is 0.356. The molecule has 100 valence electrons. The second kappa shape index (κ2) is 6.24. The van der Waals surface area contributed by atoms with Gasteiger partial charge in [0.25, 0.3) is 0 Å². The smallest absolute Gasteiger partial charge is 0.115 e. The molecule has 1 saturated heterocycles. The van der Waals surface area contributed by atoms with Crippen molar-refractivity contribution >= 4 is 0 Å². The van der Waals surface area contributed by atoms with Crippen LogP contribution in [-0.2, 0) is 0 Å². The molecule has 0 aliphatic carbocycles. The molecule has 0 aromatic heterocycles. The molecule has 18 heavy (non-hydrogen) atoms. The lowest BCUT2D eigenvalue weighted by Gasteiger charge is -2.40. The van der Waals surface area contributed by atoms with Gasteiger partial charge < -0.3 is 5.11 Å². The molecule has 0 saturated carbocycles. The van der Waals surface area contributed by atoms with Gasteiger partial charge in [-0.3, -0.25) is 4.90 Å². The number of hydrogen-bond acceptors (Lipinski definition) is 2. The zero-order chi connectivity index (χ0) is 13.0. The lowest BCUT2D eigenvalue weighted by Crippen LogP contribution is -2.41. The molecule has 1 aromatic rings. The van der Waals surface area contributed by atoms with E-state index in [1.807, 2.05) is 0 Å². The van der Waals surface area contributed by atoms with Crippen molar-refractivity contribution in [2.75, 3.05) is 6.54 Å². The fourth-order valence-electron chi connectivity index (χ4n) is 3.12. The highest BCUT2D eigenvalue weighted by Crippen LogP contribution is 2.30. The van der Waals surface area contributed by atoms with Crippen LogP contribution in [0.3, 0.4) is 0 Å². The van der Waals surface area contributed by atoms with Crippen molar-refractivity contribution in [3.63, 3.8) is 0 Å². The molecule has 1 N–H and O–H groups in total. The number of phenolic OH excluding ortho intramolecular Hbond substituents is 1. The van der Waals surface area contributed by atoms with Gasteiger partial charge in [-0.05, 0) is 50.4 Å². The highest BCUT2D eigenvalue weighted by Gasteiger charge is 2.26. The van der Waals surface area contributed by atoms with E-state index in [4.69, 9.17) is 0 Å². The van der Waals surface area contributed by atoms with Crippen molar-refractivity contribution in [3.05, 3.63) is 29.8 Å². The van der Waals surface area contributed by atoms with E-state index in [2.05, 4.69) is 30.9 Å². The normalized spacial score (nSPS) is 22.9. The summed E-state index contributed by atoms with van der Waals surface area (Å²) in [5, 5.41) is 9.37. The molecule has 2 rings (SSSR count). The number of nitrogens with zero attached hydrogens (tertiary/aromatic N) is 1. The van der Waals surface area contributed by atoms with E-state index in [0.717, 1.165) is 6.04 Å². The molecule has 1 aliphatic heterocycles. The van der Waals surface area contributed by atoms with Crippen molar-refractivity contribution in [2.24, 2.45) is 0 Å². The second-order valence-corrected chi connectivity index (χ2v) is 5.44. The van der Waals surface area contributed by atoms with Crippen LogP contribution >= 0.6 is 0 Å². The van der Waals surface area contributed by atoms with Crippen molar-refractivity contribution in [1.82, 2.24) is 4.90 Å². The Balaban J connectivity index is 2.09. The maximum atomic E-state index is 9.37. The van der Waals surface area contributed by atoms with Gasteiger partial charge in [-0.25, -0.2) is 0 Å². The molecule has 1 aliphatic rings. The van der Waals surface area contributed by atoms with Crippen LogP contribution in [0.4, 0.5) is 0 Å². The molecule has 0 radical (unpaired) electrons. The summed E-state index contributed by atoms with van der Waals surface area (Å²) < 4.78 is 0. The van der Waals surface area contributed by atoms with Gasteiger partial charge in [0, 0.05) is 12.1 Å². The van der Waals surface area contributed by atoms with Gasteiger partial charge in [0.15, 0.2) is 0 Å². The molecule has 2 atom stereocenters. The lowest BCUT2D eigenvalue weighted by atomic mass is 9.94. The van der Waals surface area contributed by atoms with Gasteiger partial charge in [-0.1, -0.05) is 31.9 Å². The molecule has 1 aromatic carbocycles. The van der Waals surface area contributed by atoms with Gasteiger partial charge in [0.1, 0.15) is 5.75 Å². The van der Waals surface area contributed by atoms with Crippen LogP contribution in [0.2, 0.25) is 0 Å². The number of rotatable bonds is 4. The topological polar surface area (TPSA) is 23.5 Å². The summed E-state index contributed by atoms with van der Waals surface area (Å²) in [6, 6.07) is 8.90. The van der Waals surface area contributed by atoms with Crippen LogP contribution in [0.25, 0.3) is 0 Å². The second-order valence-electron chi connectivity index (χ2n) is 5.44. The first-order valence-corrected chi connectivity index (χ1v) is 7.27. The van der Waals surface area contributed by atoms with Crippen molar-refractivity contribution in [1.29, 1.82) is 0 Å². The van der Waals surface area contributed by atoms with Crippen LogP contribution in [0, 0.1) is 0 Å². The SMILES string of the molecule is CCCC1CCCCN1C(C)c1ccc(O)cc1. The van der Waals surface area contributed by atoms with Crippen LogP contribution in [0.1, 0.15) is 57.6 Å². The Labute approximate surface area is 111 Å². The summed E-state index contributed by atoms with van der Waals surface area (Å²) in [5.41, 5.74) is 1.32. The fraction of sp³-hybridized carbons (Fsp3) is 0.625. The summed E-state index contributed by atoms with van der Waals surface area (Å²) >= 11 is 0. The van der Waals surface area contributed by atoms with Crippen molar-refractivity contribution in [3.8, 4) is 5.75 Å². The quantitative estimate of drug-likeness (QED) is 0.865. The number of aromatic hydroxyl groups is 1. The van der Waals surface area contributed by atoms with E-state index in [9.17, 15) is 5.11 Å². The van der Waals surface area contributed by atoms with Crippen molar-refractivity contribution < 1.29 is 5.11 Å². The fourth-order valence-corrected chi connectivity index (χ4v) is 3.12. The molecule has 1 fully saturated rings. The van der Waals surface area contributed by atoms with Crippen LogP contribution < -0.4 is 0 Å². The number of hydrogen-bond donors (Lipinski definition) is 1. The Morgan fingerprint density at radius 2 is 2.00 bits per heavy atom. The third-order valence-electron chi connectivity index (χ3n) is 4.17. The van der Waals surface area contributed by atoms with E-state index in [0.29, 0.717) is 11.8 Å². The summed E-state index contributed by atoms with van der Waals surface area (Å²) in [7, 11) is 0. The van der Waals surface area contributed by atoms with Crippen molar-refractivity contribution in [2.45, 2.75) is 58.0 Å². The molecule has 2 heteroatoms. The van der Waals surface area contributed by atoms with E-state index >= 15 is 0 Å². The number of phenols is 1. The van der Waals surface area contributed by atoms with Crippen LogP contribution in [0.15, 0.2) is 24.3 Å². The van der Waals surface area contributed by atoms with E-state index in [1.165, 1.54) is 44.2 Å². The zero-order valence-corrected chi connectivity index (χ0v) is 11.6. The Hall–Kier alpha value is -1.02.